The minimum Gasteiger partial charge on any atom is -0.461 e. The molecule has 3 rings (SSSR count). The van der Waals surface area contributed by atoms with E-state index >= 15 is 0 Å². The number of carbonyl (C=O) groups excluding carboxylic acids is 1. The minimum absolute atomic E-state index is 0.0478. The summed E-state index contributed by atoms with van der Waals surface area (Å²) in [5.74, 6) is 0.936. The lowest BCUT2D eigenvalue weighted by Gasteiger charge is -2.31. The molecule has 0 aliphatic carbocycles. The Hall–Kier alpha value is -2.40. The molecule has 1 amide bonds. The van der Waals surface area contributed by atoms with Crippen LogP contribution in [-0.2, 0) is 11.2 Å². The van der Waals surface area contributed by atoms with E-state index in [-0.39, 0.29) is 17.8 Å². The molecule has 2 heterocycles. The zero-order chi connectivity index (χ0) is 19.9. The summed E-state index contributed by atoms with van der Waals surface area (Å²) < 4.78 is 19.6. The Morgan fingerprint density at radius 2 is 1.96 bits per heavy atom. The molecule has 28 heavy (non-hydrogen) atoms. The predicted octanol–water partition coefficient (Wildman–Crippen LogP) is 4.57. The van der Waals surface area contributed by atoms with Crippen molar-refractivity contribution in [3.8, 4) is 11.3 Å². The Kier molecular flexibility index (Phi) is 7.04. The van der Waals surface area contributed by atoms with Gasteiger partial charge in [-0.05, 0) is 51.0 Å². The molecule has 1 saturated heterocycles. The molecule has 5 heteroatoms. The fraction of sp³-hybridized carbons (Fsp3) is 0.435. The van der Waals surface area contributed by atoms with Gasteiger partial charge in [0.2, 0.25) is 5.91 Å². The number of carbonyl (C=O) groups is 1. The van der Waals surface area contributed by atoms with Crippen LogP contribution in [0, 0.1) is 5.82 Å². The number of rotatable bonds is 7. The first-order valence-electron chi connectivity index (χ1n) is 10.00. The third-order valence-corrected chi connectivity index (χ3v) is 5.11. The lowest BCUT2D eigenvalue weighted by molar-refractivity contribution is -0.122. The van der Waals surface area contributed by atoms with Crippen LogP contribution in [0.15, 0.2) is 52.5 Å². The second-order valence-electron chi connectivity index (χ2n) is 7.67. The van der Waals surface area contributed by atoms with Crippen LogP contribution in [0.2, 0.25) is 0 Å². The molecule has 1 aromatic heterocycles. The fourth-order valence-corrected chi connectivity index (χ4v) is 3.43. The molecule has 1 N–H and O–H groups in total. The second-order valence-corrected chi connectivity index (χ2v) is 7.67. The summed E-state index contributed by atoms with van der Waals surface area (Å²) in [5, 5.41) is 3.14. The smallest absolute Gasteiger partial charge is 0.220 e. The van der Waals surface area contributed by atoms with Crippen molar-refractivity contribution in [2.24, 2.45) is 0 Å². The Morgan fingerprint density at radius 3 is 2.68 bits per heavy atom. The zero-order valence-electron chi connectivity index (χ0n) is 16.7. The number of aryl methyl sites for hydroxylation is 1. The molecule has 0 unspecified atom stereocenters. The van der Waals surface area contributed by atoms with Crippen LogP contribution < -0.4 is 5.32 Å². The van der Waals surface area contributed by atoms with E-state index in [9.17, 15) is 9.18 Å². The summed E-state index contributed by atoms with van der Waals surface area (Å²) in [4.78, 5) is 14.7. The van der Waals surface area contributed by atoms with Gasteiger partial charge in [-0.25, -0.2) is 4.39 Å². The first-order valence-corrected chi connectivity index (χ1v) is 10.00. The van der Waals surface area contributed by atoms with Crippen molar-refractivity contribution < 1.29 is 13.6 Å². The SMILES string of the molecule is CC(C)=CCN1CCC(NC(=O)CCc2ccc(-c3ccccc3F)o2)CC1. The number of amides is 1. The molecular formula is C23H29FN2O2. The molecule has 0 saturated carbocycles. The van der Waals surface area contributed by atoms with Crippen LogP contribution in [0.25, 0.3) is 11.3 Å². The van der Waals surface area contributed by atoms with Gasteiger partial charge >= 0.3 is 0 Å². The number of hydrogen-bond acceptors (Lipinski definition) is 3. The molecule has 0 radical (unpaired) electrons. The van der Waals surface area contributed by atoms with Crippen molar-refractivity contribution in [2.75, 3.05) is 19.6 Å². The number of nitrogens with one attached hydrogen (secondary N) is 1. The van der Waals surface area contributed by atoms with Gasteiger partial charge in [0.1, 0.15) is 17.3 Å². The summed E-state index contributed by atoms with van der Waals surface area (Å²) in [5.41, 5.74) is 1.78. The van der Waals surface area contributed by atoms with Crippen molar-refractivity contribution in [3.05, 3.63) is 59.6 Å². The summed E-state index contributed by atoms with van der Waals surface area (Å²) in [6, 6.07) is 10.4. The standard InChI is InChI=1S/C23H29FN2O2/c1-17(2)11-14-26-15-12-18(13-16-26)25-23(27)10-8-19-7-9-22(28-19)20-5-3-4-6-21(20)24/h3-7,9,11,18H,8,10,12-16H2,1-2H3,(H,25,27). The van der Waals surface area contributed by atoms with E-state index in [1.807, 2.05) is 6.07 Å². The van der Waals surface area contributed by atoms with Gasteiger partial charge in [0, 0.05) is 38.5 Å². The molecule has 0 bridgehead atoms. The van der Waals surface area contributed by atoms with Crippen molar-refractivity contribution >= 4 is 5.91 Å². The van der Waals surface area contributed by atoms with E-state index in [1.165, 1.54) is 11.6 Å². The summed E-state index contributed by atoms with van der Waals surface area (Å²) in [6.45, 7) is 7.25. The highest BCUT2D eigenvalue weighted by atomic mass is 19.1. The average Bonchev–Trinajstić information content (AvgIpc) is 3.15. The maximum absolute atomic E-state index is 13.8. The van der Waals surface area contributed by atoms with Crippen LogP contribution in [0.1, 0.15) is 38.9 Å². The van der Waals surface area contributed by atoms with E-state index in [2.05, 4.69) is 30.1 Å². The Bertz CT molecular complexity index is 816. The number of halogens is 1. The van der Waals surface area contributed by atoms with Crippen LogP contribution in [0.3, 0.4) is 0 Å². The van der Waals surface area contributed by atoms with E-state index in [0.717, 1.165) is 32.5 Å². The van der Waals surface area contributed by atoms with Crippen LogP contribution in [-0.4, -0.2) is 36.5 Å². The average molecular weight is 384 g/mol. The molecular weight excluding hydrogens is 355 g/mol. The number of likely N-dealkylation sites (tertiary alicyclic amines) is 1. The van der Waals surface area contributed by atoms with E-state index in [0.29, 0.717) is 29.9 Å². The maximum atomic E-state index is 13.8. The number of piperidine rings is 1. The van der Waals surface area contributed by atoms with Gasteiger partial charge in [-0.1, -0.05) is 23.8 Å². The van der Waals surface area contributed by atoms with Gasteiger partial charge in [-0.3, -0.25) is 9.69 Å². The number of nitrogens with zero attached hydrogens (tertiary/aromatic N) is 1. The first-order chi connectivity index (χ1) is 13.5. The highest BCUT2D eigenvalue weighted by molar-refractivity contribution is 5.76. The highest BCUT2D eigenvalue weighted by Gasteiger charge is 2.20. The van der Waals surface area contributed by atoms with Gasteiger partial charge in [-0.15, -0.1) is 0 Å². The largest absolute Gasteiger partial charge is 0.461 e. The van der Waals surface area contributed by atoms with Gasteiger partial charge < -0.3 is 9.73 Å². The normalized spacial score (nSPS) is 15.4. The van der Waals surface area contributed by atoms with E-state index < -0.39 is 0 Å². The second kappa shape index (κ2) is 9.69. The van der Waals surface area contributed by atoms with Gasteiger partial charge in [0.25, 0.3) is 0 Å². The summed E-state index contributed by atoms with van der Waals surface area (Å²) in [6.07, 6.45) is 5.11. The van der Waals surface area contributed by atoms with Crippen LogP contribution >= 0.6 is 0 Å². The quantitative estimate of drug-likeness (QED) is 0.712. The summed E-state index contributed by atoms with van der Waals surface area (Å²) >= 11 is 0. The molecule has 1 aliphatic rings. The predicted molar refractivity (Wildman–Crippen MR) is 109 cm³/mol. The Labute approximate surface area is 166 Å². The van der Waals surface area contributed by atoms with Gasteiger partial charge in [0.05, 0.1) is 5.56 Å². The molecule has 1 fully saturated rings. The Balaban J connectivity index is 1.42. The van der Waals surface area contributed by atoms with Crippen molar-refractivity contribution in [1.29, 1.82) is 0 Å². The number of hydrogen-bond donors (Lipinski definition) is 1. The van der Waals surface area contributed by atoms with Gasteiger partial charge in [0.15, 0.2) is 0 Å². The Morgan fingerprint density at radius 1 is 1.21 bits per heavy atom. The molecule has 0 spiro atoms. The zero-order valence-corrected chi connectivity index (χ0v) is 16.7. The van der Waals surface area contributed by atoms with Crippen molar-refractivity contribution in [2.45, 2.75) is 45.6 Å². The lowest BCUT2D eigenvalue weighted by atomic mass is 10.0. The van der Waals surface area contributed by atoms with Crippen LogP contribution in [0.4, 0.5) is 4.39 Å². The van der Waals surface area contributed by atoms with Crippen LogP contribution in [0.5, 0.6) is 0 Å². The van der Waals surface area contributed by atoms with Gasteiger partial charge in [-0.2, -0.15) is 0 Å². The van der Waals surface area contributed by atoms with Crippen molar-refractivity contribution in [3.63, 3.8) is 0 Å². The molecule has 1 aromatic carbocycles. The number of allylic oxidation sites excluding steroid dienone is 1. The van der Waals surface area contributed by atoms with E-state index in [1.54, 1.807) is 24.3 Å². The molecule has 2 aromatic rings. The van der Waals surface area contributed by atoms with E-state index in [4.69, 9.17) is 4.42 Å². The summed E-state index contributed by atoms with van der Waals surface area (Å²) in [7, 11) is 0. The molecule has 4 nitrogen and oxygen atoms in total. The third kappa shape index (κ3) is 5.80. The topological polar surface area (TPSA) is 45.5 Å². The third-order valence-electron chi connectivity index (χ3n) is 5.11. The molecule has 1 aliphatic heterocycles. The number of benzene rings is 1. The molecule has 150 valence electrons. The maximum Gasteiger partial charge on any atom is 0.220 e. The van der Waals surface area contributed by atoms with Crippen molar-refractivity contribution in [1.82, 2.24) is 10.2 Å². The first kappa shape index (κ1) is 20.3. The molecule has 0 atom stereocenters. The highest BCUT2D eigenvalue weighted by Crippen LogP contribution is 2.25. The minimum atomic E-state index is -0.308. The lowest BCUT2D eigenvalue weighted by Crippen LogP contribution is -2.44. The monoisotopic (exact) mass is 384 g/mol. The number of furan rings is 1. The fourth-order valence-electron chi connectivity index (χ4n) is 3.43.